The van der Waals surface area contributed by atoms with Crippen LogP contribution in [0.3, 0.4) is 0 Å². The molecule has 0 spiro atoms. The van der Waals surface area contributed by atoms with Gasteiger partial charge < -0.3 is 10.1 Å². The molecule has 2 amide bonds. The molecule has 0 saturated carbocycles. The molecule has 6 nitrogen and oxygen atoms in total. The van der Waals surface area contributed by atoms with Crippen LogP contribution in [0.25, 0.3) is 0 Å². The molecule has 0 radical (unpaired) electrons. The van der Waals surface area contributed by atoms with E-state index >= 15 is 0 Å². The summed E-state index contributed by atoms with van der Waals surface area (Å²) in [6.07, 6.45) is 1.79. The summed E-state index contributed by atoms with van der Waals surface area (Å²) in [5.74, 6) is 0.460. The first-order chi connectivity index (χ1) is 14.2. The van der Waals surface area contributed by atoms with E-state index in [0.29, 0.717) is 17.8 Å². The molecule has 2 aromatic carbocycles. The Morgan fingerprint density at radius 1 is 1.10 bits per heavy atom. The molecule has 1 aliphatic heterocycles. The third-order valence-electron chi connectivity index (χ3n) is 4.95. The fourth-order valence-corrected chi connectivity index (χ4v) is 3.56. The van der Waals surface area contributed by atoms with Crippen molar-refractivity contribution in [2.75, 3.05) is 12.0 Å². The molecule has 2 heterocycles. The maximum atomic E-state index is 13.0. The monoisotopic (exact) mass is 387 g/mol. The molecule has 0 fully saturated rings. The number of ether oxygens (including phenoxy) is 1. The average molecular weight is 387 g/mol. The van der Waals surface area contributed by atoms with E-state index in [0.717, 1.165) is 17.0 Å². The summed E-state index contributed by atoms with van der Waals surface area (Å²) in [7, 11) is 1.61. The number of hydrogen-bond acceptors (Lipinski definition) is 4. The van der Waals surface area contributed by atoms with E-state index in [1.807, 2.05) is 54.6 Å². The van der Waals surface area contributed by atoms with Crippen molar-refractivity contribution in [3.8, 4) is 5.75 Å². The van der Waals surface area contributed by atoms with E-state index < -0.39 is 6.04 Å². The van der Waals surface area contributed by atoms with E-state index in [1.54, 1.807) is 30.3 Å². The highest BCUT2D eigenvalue weighted by molar-refractivity contribution is 6.11. The zero-order valence-electron chi connectivity index (χ0n) is 16.0. The van der Waals surface area contributed by atoms with Gasteiger partial charge in [0, 0.05) is 18.4 Å². The molecular formula is C23H21N3O3. The van der Waals surface area contributed by atoms with Crippen LogP contribution in [0.15, 0.2) is 72.9 Å². The number of fused-ring (bicyclic) bond motifs is 1. The minimum atomic E-state index is -0.439. The molecule has 1 N–H and O–H groups in total. The van der Waals surface area contributed by atoms with Gasteiger partial charge in [-0.25, -0.2) is 0 Å². The van der Waals surface area contributed by atoms with Gasteiger partial charge in [-0.15, -0.1) is 0 Å². The van der Waals surface area contributed by atoms with Crippen LogP contribution in [0.1, 0.15) is 34.1 Å². The van der Waals surface area contributed by atoms with Gasteiger partial charge in [0.2, 0.25) is 5.91 Å². The smallest absolute Gasteiger partial charge is 0.260 e. The Morgan fingerprint density at radius 2 is 1.93 bits per heavy atom. The minimum absolute atomic E-state index is 0.134. The number of carbonyl (C=O) groups is 2. The number of methoxy groups -OCH3 is 1. The maximum absolute atomic E-state index is 13.0. The topological polar surface area (TPSA) is 71.5 Å². The van der Waals surface area contributed by atoms with E-state index in [1.165, 1.54) is 0 Å². The fourth-order valence-electron chi connectivity index (χ4n) is 3.56. The highest BCUT2D eigenvalue weighted by Crippen LogP contribution is 2.38. The van der Waals surface area contributed by atoms with Gasteiger partial charge in [0.05, 0.1) is 30.8 Å². The summed E-state index contributed by atoms with van der Waals surface area (Å²) in [5, 5.41) is 2.93. The molecular weight excluding hydrogens is 366 g/mol. The zero-order valence-corrected chi connectivity index (χ0v) is 16.0. The Labute approximate surface area is 169 Å². The second kappa shape index (κ2) is 8.14. The number of amides is 2. The van der Waals surface area contributed by atoms with Gasteiger partial charge in [-0.2, -0.15) is 0 Å². The van der Waals surface area contributed by atoms with Crippen molar-refractivity contribution in [2.24, 2.45) is 0 Å². The number of pyridine rings is 1. The Balaban J connectivity index is 1.53. The van der Waals surface area contributed by atoms with E-state index in [2.05, 4.69) is 10.3 Å². The van der Waals surface area contributed by atoms with Crippen LogP contribution in [-0.4, -0.2) is 23.9 Å². The summed E-state index contributed by atoms with van der Waals surface area (Å²) in [4.78, 5) is 31.7. The van der Waals surface area contributed by atoms with Gasteiger partial charge in [-0.3, -0.25) is 19.5 Å². The summed E-state index contributed by atoms with van der Waals surface area (Å²) < 4.78 is 5.22. The molecule has 1 aliphatic rings. The quantitative estimate of drug-likeness (QED) is 0.703. The molecule has 146 valence electrons. The summed E-state index contributed by atoms with van der Waals surface area (Å²) in [6, 6.07) is 20.0. The van der Waals surface area contributed by atoms with Gasteiger partial charge in [0.1, 0.15) is 5.75 Å². The van der Waals surface area contributed by atoms with Gasteiger partial charge in [-0.1, -0.05) is 30.3 Å². The number of carbonyl (C=O) groups excluding carboxylic acids is 2. The molecule has 6 heteroatoms. The van der Waals surface area contributed by atoms with Crippen molar-refractivity contribution in [3.63, 3.8) is 0 Å². The van der Waals surface area contributed by atoms with Crippen LogP contribution in [0, 0.1) is 0 Å². The second-order valence-electron chi connectivity index (χ2n) is 6.80. The SMILES string of the molecule is COc1cccc(CNC(=O)C[C@@H]2c3ncccc3C(=O)N2c2ccccc2)c1. The van der Waals surface area contributed by atoms with Gasteiger partial charge in [0.15, 0.2) is 0 Å². The number of nitrogens with zero attached hydrogens (tertiary/aromatic N) is 2. The van der Waals surface area contributed by atoms with Gasteiger partial charge >= 0.3 is 0 Å². The summed E-state index contributed by atoms with van der Waals surface area (Å²) >= 11 is 0. The van der Waals surface area contributed by atoms with E-state index in [9.17, 15) is 9.59 Å². The van der Waals surface area contributed by atoms with Crippen molar-refractivity contribution in [2.45, 2.75) is 19.0 Å². The van der Waals surface area contributed by atoms with Crippen molar-refractivity contribution < 1.29 is 14.3 Å². The van der Waals surface area contributed by atoms with E-state index in [-0.39, 0.29) is 18.2 Å². The largest absolute Gasteiger partial charge is 0.497 e. The maximum Gasteiger partial charge on any atom is 0.260 e. The van der Waals surface area contributed by atoms with Gasteiger partial charge in [-0.05, 0) is 42.0 Å². The Bertz CT molecular complexity index is 1040. The summed E-state index contributed by atoms with van der Waals surface area (Å²) in [5.41, 5.74) is 2.87. The molecule has 1 aromatic heterocycles. The third-order valence-corrected chi connectivity index (χ3v) is 4.95. The Hall–Kier alpha value is -3.67. The van der Waals surface area contributed by atoms with E-state index in [4.69, 9.17) is 4.74 Å². The number of benzene rings is 2. The molecule has 1 atom stereocenters. The molecule has 0 bridgehead atoms. The third kappa shape index (κ3) is 3.82. The zero-order chi connectivity index (χ0) is 20.2. The van der Waals surface area contributed by atoms with Crippen LogP contribution in [0.5, 0.6) is 5.75 Å². The lowest BCUT2D eigenvalue weighted by Crippen LogP contribution is -2.32. The van der Waals surface area contributed by atoms with Crippen LogP contribution >= 0.6 is 0 Å². The number of para-hydroxylation sites is 1. The van der Waals surface area contributed by atoms with Crippen LogP contribution < -0.4 is 15.0 Å². The van der Waals surface area contributed by atoms with Crippen LogP contribution in [0.2, 0.25) is 0 Å². The minimum Gasteiger partial charge on any atom is -0.497 e. The number of aromatic nitrogens is 1. The lowest BCUT2D eigenvalue weighted by atomic mass is 10.1. The second-order valence-corrected chi connectivity index (χ2v) is 6.80. The Morgan fingerprint density at radius 3 is 2.72 bits per heavy atom. The molecule has 29 heavy (non-hydrogen) atoms. The predicted molar refractivity (Wildman–Crippen MR) is 110 cm³/mol. The van der Waals surface area contributed by atoms with Gasteiger partial charge in [0.25, 0.3) is 5.91 Å². The number of rotatable bonds is 6. The molecule has 0 saturated heterocycles. The molecule has 3 aromatic rings. The highest BCUT2D eigenvalue weighted by atomic mass is 16.5. The number of anilines is 1. The fraction of sp³-hybridized carbons (Fsp3) is 0.174. The molecule has 0 aliphatic carbocycles. The lowest BCUT2D eigenvalue weighted by molar-refractivity contribution is -0.121. The van der Waals surface area contributed by atoms with Crippen LogP contribution in [0.4, 0.5) is 5.69 Å². The normalized spacial score (nSPS) is 15.1. The Kier molecular flexibility index (Phi) is 5.24. The molecule has 0 unspecified atom stereocenters. The summed E-state index contributed by atoms with van der Waals surface area (Å²) in [6.45, 7) is 0.386. The lowest BCUT2D eigenvalue weighted by Gasteiger charge is -2.24. The van der Waals surface area contributed by atoms with Crippen molar-refractivity contribution >= 4 is 17.5 Å². The predicted octanol–water partition coefficient (Wildman–Crippen LogP) is 3.50. The first-order valence-corrected chi connectivity index (χ1v) is 9.40. The molecule has 4 rings (SSSR count). The first-order valence-electron chi connectivity index (χ1n) is 9.40. The van der Waals surface area contributed by atoms with Crippen molar-refractivity contribution in [3.05, 3.63) is 89.7 Å². The number of hydrogen-bond donors (Lipinski definition) is 1. The first kappa shape index (κ1) is 18.7. The van der Waals surface area contributed by atoms with Crippen LogP contribution in [-0.2, 0) is 11.3 Å². The van der Waals surface area contributed by atoms with Crippen molar-refractivity contribution in [1.82, 2.24) is 10.3 Å². The van der Waals surface area contributed by atoms with Crippen molar-refractivity contribution in [1.29, 1.82) is 0 Å². The number of nitrogens with one attached hydrogen (secondary N) is 1. The standard InChI is InChI=1S/C23H21N3O3/c1-29-18-10-5-7-16(13-18)15-25-21(27)14-20-22-19(11-6-12-24-22)23(28)26(20)17-8-3-2-4-9-17/h2-13,20H,14-15H2,1H3,(H,25,27)/t20-/m1/s1. The highest BCUT2D eigenvalue weighted by Gasteiger charge is 2.39. The average Bonchev–Trinajstić information content (AvgIpc) is 3.05.